The molecule has 1 aromatic heterocycles. The van der Waals surface area contributed by atoms with Crippen molar-refractivity contribution in [2.24, 2.45) is 0 Å². The second-order valence-electron chi connectivity index (χ2n) is 5.27. The number of rotatable bonds is 4. The Labute approximate surface area is 110 Å². The Morgan fingerprint density at radius 1 is 1.28 bits per heavy atom. The third-order valence-corrected chi connectivity index (χ3v) is 3.97. The van der Waals surface area contributed by atoms with E-state index in [1.165, 1.54) is 25.7 Å². The van der Waals surface area contributed by atoms with E-state index < -0.39 is 0 Å². The highest BCUT2D eigenvalue weighted by molar-refractivity contribution is 5.35. The summed E-state index contributed by atoms with van der Waals surface area (Å²) in [6.45, 7) is 5.38. The Morgan fingerprint density at radius 3 is 2.61 bits per heavy atom. The molecule has 0 unspecified atom stereocenters. The zero-order valence-corrected chi connectivity index (χ0v) is 11.7. The highest BCUT2D eigenvalue weighted by Crippen LogP contribution is 2.24. The minimum Gasteiger partial charge on any atom is -0.367 e. The van der Waals surface area contributed by atoms with Crippen LogP contribution >= 0.6 is 0 Å². The van der Waals surface area contributed by atoms with Crippen LogP contribution in [-0.4, -0.2) is 40.5 Å². The zero-order valence-electron chi connectivity index (χ0n) is 11.7. The van der Waals surface area contributed by atoms with Crippen molar-refractivity contribution in [3.63, 3.8) is 0 Å². The van der Waals surface area contributed by atoms with E-state index in [2.05, 4.69) is 34.2 Å². The van der Waals surface area contributed by atoms with Gasteiger partial charge in [0.1, 0.15) is 12.1 Å². The molecule has 1 aromatic rings. The molecule has 1 saturated carbocycles. The summed E-state index contributed by atoms with van der Waals surface area (Å²) in [6, 6.07) is 3.35. The fourth-order valence-electron chi connectivity index (χ4n) is 2.66. The van der Waals surface area contributed by atoms with Gasteiger partial charge < -0.3 is 10.2 Å². The fraction of sp³-hybridized carbons (Fsp3) is 0.714. The van der Waals surface area contributed by atoms with Crippen LogP contribution in [0.5, 0.6) is 0 Å². The van der Waals surface area contributed by atoms with Crippen LogP contribution in [-0.2, 0) is 0 Å². The number of anilines is 1. The number of nitrogens with one attached hydrogen (secondary N) is 1. The number of aromatic nitrogens is 2. The van der Waals surface area contributed by atoms with Gasteiger partial charge >= 0.3 is 0 Å². The summed E-state index contributed by atoms with van der Waals surface area (Å²) in [5.41, 5.74) is 1.02. The van der Waals surface area contributed by atoms with E-state index in [-0.39, 0.29) is 0 Å². The molecule has 1 heterocycles. The Balaban J connectivity index is 1.83. The van der Waals surface area contributed by atoms with Crippen LogP contribution in [0.1, 0.15) is 38.3 Å². The van der Waals surface area contributed by atoms with Crippen molar-refractivity contribution >= 4 is 5.82 Å². The molecule has 0 spiro atoms. The van der Waals surface area contributed by atoms with Crippen LogP contribution in [0.2, 0.25) is 0 Å². The molecule has 1 fully saturated rings. The molecule has 0 aromatic carbocycles. The molecular formula is C14H24N4. The predicted octanol–water partition coefficient (Wildman–Crippen LogP) is 2.46. The summed E-state index contributed by atoms with van der Waals surface area (Å²) in [5.74, 6) is 0.967. The standard InChI is InChI=1S/C14H24N4/c1-4-18(3)13-7-5-12(6-8-13)17-14-9-11(2)15-10-16-14/h9-10,12-13H,4-8H2,1-3H3,(H,15,16,17)/t12-,13+. The Bertz CT molecular complexity index is 372. The fourth-order valence-corrected chi connectivity index (χ4v) is 2.66. The van der Waals surface area contributed by atoms with Gasteiger partial charge in [-0.25, -0.2) is 9.97 Å². The van der Waals surface area contributed by atoms with E-state index in [0.29, 0.717) is 6.04 Å². The topological polar surface area (TPSA) is 41.0 Å². The van der Waals surface area contributed by atoms with Gasteiger partial charge in [-0.2, -0.15) is 0 Å². The number of hydrogen-bond donors (Lipinski definition) is 1. The summed E-state index contributed by atoms with van der Waals surface area (Å²) >= 11 is 0. The first-order chi connectivity index (χ1) is 8.69. The molecule has 18 heavy (non-hydrogen) atoms. The number of aryl methyl sites for hydroxylation is 1. The van der Waals surface area contributed by atoms with Gasteiger partial charge in [-0.3, -0.25) is 0 Å². The van der Waals surface area contributed by atoms with E-state index >= 15 is 0 Å². The maximum absolute atomic E-state index is 4.27. The molecule has 0 aliphatic heterocycles. The van der Waals surface area contributed by atoms with Gasteiger partial charge in [0, 0.05) is 23.8 Å². The van der Waals surface area contributed by atoms with Gasteiger partial charge in [0.25, 0.3) is 0 Å². The second-order valence-corrected chi connectivity index (χ2v) is 5.27. The van der Waals surface area contributed by atoms with Crippen molar-refractivity contribution in [1.82, 2.24) is 14.9 Å². The molecule has 1 N–H and O–H groups in total. The molecule has 1 aliphatic rings. The summed E-state index contributed by atoms with van der Waals surface area (Å²) in [4.78, 5) is 10.9. The van der Waals surface area contributed by atoms with Gasteiger partial charge in [0.2, 0.25) is 0 Å². The highest BCUT2D eigenvalue weighted by atomic mass is 15.1. The largest absolute Gasteiger partial charge is 0.367 e. The minimum absolute atomic E-state index is 0.570. The Kier molecular flexibility index (Phi) is 4.53. The molecule has 4 heteroatoms. The van der Waals surface area contributed by atoms with E-state index in [1.54, 1.807) is 6.33 Å². The highest BCUT2D eigenvalue weighted by Gasteiger charge is 2.23. The summed E-state index contributed by atoms with van der Waals surface area (Å²) in [7, 11) is 2.23. The van der Waals surface area contributed by atoms with Crippen molar-refractivity contribution < 1.29 is 0 Å². The minimum atomic E-state index is 0.570. The predicted molar refractivity (Wildman–Crippen MR) is 74.7 cm³/mol. The van der Waals surface area contributed by atoms with E-state index in [9.17, 15) is 0 Å². The number of nitrogens with zero attached hydrogens (tertiary/aromatic N) is 3. The van der Waals surface area contributed by atoms with Gasteiger partial charge in [0.15, 0.2) is 0 Å². The maximum atomic E-state index is 4.27. The van der Waals surface area contributed by atoms with Crippen molar-refractivity contribution in [2.45, 2.75) is 51.6 Å². The molecule has 2 rings (SSSR count). The van der Waals surface area contributed by atoms with Crippen LogP contribution in [0.15, 0.2) is 12.4 Å². The normalized spacial score (nSPS) is 24.2. The first-order valence-corrected chi connectivity index (χ1v) is 6.94. The molecule has 1 aliphatic carbocycles. The van der Waals surface area contributed by atoms with Crippen LogP contribution in [0.3, 0.4) is 0 Å². The third kappa shape index (κ3) is 3.42. The van der Waals surface area contributed by atoms with Crippen molar-refractivity contribution in [2.75, 3.05) is 18.9 Å². The molecule has 100 valence electrons. The van der Waals surface area contributed by atoms with Gasteiger partial charge in [0.05, 0.1) is 0 Å². The van der Waals surface area contributed by atoms with E-state index in [0.717, 1.165) is 24.1 Å². The average Bonchev–Trinajstić information content (AvgIpc) is 2.39. The second kappa shape index (κ2) is 6.14. The van der Waals surface area contributed by atoms with Gasteiger partial charge in [-0.05, 0) is 46.2 Å². The Hall–Kier alpha value is -1.16. The smallest absolute Gasteiger partial charge is 0.129 e. The quantitative estimate of drug-likeness (QED) is 0.888. The van der Waals surface area contributed by atoms with E-state index in [1.807, 2.05) is 13.0 Å². The molecular weight excluding hydrogens is 224 g/mol. The van der Waals surface area contributed by atoms with Crippen LogP contribution in [0, 0.1) is 6.92 Å². The molecule has 0 atom stereocenters. The van der Waals surface area contributed by atoms with Gasteiger partial charge in [-0.15, -0.1) is 0 Å². The van der Waals surface area contributed by atoms with Crippen molar-refractivity contribution in [3.8, 4) is 0 Å². The van der Waals surface area contributed by atoms with Crippen LogP contribution < -0.4 is 5.32 Å². The lowest BCUT2D eigenvalue weighted by atomic mass is 9.90. The summed E-state index contributed by atoms with van der Waals surface area (Å²) in [6.07, 6.45) is 6.67. The lowest BCUT2D eigenvalue weighted by molar-refractivity contribution is 0.194. The lowest BCUT2D eigenvalue weighted by Crippen LogP contribution is -2.38. The summed E-state index contributed by atoms with van der Waals surface area (Å²) in [5, 5.41) is 3.53. The molecule has 0 saturated heterocycles. The first kappa shape index (κ1) is 13.3. The molecule has 0 radical (unpaired) electrons. The SMILES string of the molecule is CCN(C)[C@H]1CC[C@@H](Nc2cc(C)ncn2)CC1. The molecule has 0 bridgehead atoms. The molecule has 4 nitrogen and oxygen atoms in total. The zero-order chi connectivity index (χ0) is 13.0. The van der Waals surface area contributed by atoms with Crippen LogP contribution in [0.25, 0.3) is 0 Å². The summed E-state index contributed by atoms with van der Waals surface area (Å²) < 4.78 is 0. The third-order valence-electron chi connectivity index (χ3n) is 3.97. The lowest BCUT2D eigenvalue weighted by Gasteiger charge is -2.34. The van der Waals surface area contributed by atoms with Gasteiger partial charge in [-0.1, -0.05) is 6.92 Å². The Morgan fingerprint density at radius 2 is 2.00 bits per heavy atom. The maximum Gasteiger partial charge on any atom is 0.129 e. The van der Waals surface area contributed by atoms with Crippen LogP contribution in [0.4, 0.5) is 5.82 Å². The number of hydrogen-bond acceptors (Lipinski definition) is 4. The first-order valence-electron chi connectivity index (χ1n) is 6.94. The van der Waals surface area contributed by atoms with Crippen molar-refractivity contribution in [1.29, 1.82) is 0 Å². The van der Waals surface area contributed by atoms with Crippen molar-refractivity contribution in [3.05, 3.63) is 18.1 Å². The average molecular weight is 248 g/mol. The molecule has 0 amide bonds. The van der Waals surface area contributed by atoms with E-state index in [4.69, 9.17) is 0 Å². The monoisotopic (exact) mass is 248 g/mol.